The summed E-state index contributed by atoms with van der Waals surface area (Å²) >= 11 is 0. The van der Waals surface area contributed by atoms with Gasteiger partial charge in [0.15, 0.2) is 0 Å². The fourth-order valence-electron chi connectivity index (χ4n) is 2.56. The molecule has 1 atom stereocenters. The third kappa shape index (κ3) is 3.51. The first-order chi connectivity index (χ1) is 9.76. The predicted molar refractivity (Wildman–Crippen MR) is 84.0 cm³/mol. The zero-order valence-electron chi connectivity index (χ0n) is 12.8. The number of benzene rings is 1. The summed E-state index contributed by atoms with van der Waals surface area (Å²) in [4.78, 5) is 0. The van der Waals surface area contributed by atoms with Crippen molar-refractivity contribution in [2.45, 2.75) is 46.1 Å². The van der Waals surface area contributed by atoms with Gasteiger partial charge in [-0.1, -0.05) is 44.5 Å². The largest absolute Gasteiger partial charge is 0.469 e. The summed E-state index contributed by atoms with van der Waals surface area (Å²) in [5, 5.41) is 3.62. The maximum absolute atomic E-state index is 5.47. The van der Waals surface area contributed by atoms with Crippen LogP contribution in [0.15, 0.2) is 41.0 Å². The first kappa shape index (κ1) is 14.9. The predicted octanol–water partition coefficient (Wildman–Crippen LogP) is 4.63. The second kappa shape index (κ2) is 7.30. The van der Waals surface area contributed by atoms with Gasteiger partial charge < -0.3 is 9.73 Å². The summed E-state index contributed by atoms with van der Waals surface area (Å²) in [5.74, 6) is 0.997. The molecule has 1 unspecified atom stereocenters. The number of hydrogen-bond acceptors (Lipinski definition) is 2. The van der Waals surface area contributed by atoms with Gasteiger partial charge in [0.25, 0.3) is 0 Å². The van der Waals surface area contributed by atoms with E-state index in [4.69, 9.17) is 4.42 Å². The van der Waals surface area contributed by atoms with E-state index in [1.165, 1.54) is 23.1 Å². The van der Waals surface area contributed by atoms with Crippen molar-refractivity contribution in [1.29, 1.82) is 0 Å². The van der Waals surface area contributed by atoms with Crippen LogP contribution in [0.3, 0.4) is 0 Å². The van der Waals surface area contributed by atoms with E-state index >= 15 is 0 Å². The zero-order valence-corrected chi connectivity index (χ0v) is 12.8. The quantitative estimate of drug-likeness (QED) is 0.794. The highest BCUT2D eigenvalue weighted by Crippen LogP contribution is 2.26. The van der Waals surface area contributed by atoms with Crippen LogP contribution in [-0.4, -0.2) is 6.54 Å². The highest BCUT2D eigenvalue weighted by molar-refractivity contribution is 5.34. The molecular formula is C18H25NO. The first-order valence-corrected chi connectivity index (χ1v) is 7.62. The lowest BCUT2D eigenvalue weighted by Gasteiger charge is -2.19. The van der Waals surface area contributed by atoms with E-state index in [9.17, 15) is 0 Å². The van der Waals surface area contributed by atoms with Crippen molar-refractivity contribution in [2.24, 2.45) is 0 Å². The zero-order chi connectivity index (χ0) is 14.4. The summed E-state index contributed by atoms with van der Waals surface area (Å²) in [6, 6.07) is 11.3. The average molecular weight is 271 g/mol. The molecule has 2 rings (SSSR count). The third-order valence-electron chi connectivity index (χ3n) is 3.66. The van der Waals surface area contributed by atoms with Gasteiger partial charge in [-0.2, -0.15) is 0 Å². The monoisotopic (exact) mass is 271 g/mol. The Hall–Kier alpha value is -1.54. The van der Waals surface area contributed by atoms with Crippen LogP contribution >= 0.6 is 0 Å². The van der Waals surface area contributed by atoms with Crippen molar-refractivity contribution in [1.82, 2.24) is 5.32 Å². The average Bonchev–Trinajstić information content (AvgIpc) is 2.88. The van der Waals surface area contributed by atoms with Crippen molar-refractivity contribution in [3.8, 4) is 0 Å². The van der Waals surface area contributed by atoms with Gasteiger partial charge in [0.2, 0.25) is 0 Å². The molecule has 2 nitrogen and oxygen atoms in total. The summed E-state index contributed by atoms with van der Waals surface area (Å²) < 4.78 is 5.47. The van der Waals surface area contributed by atoms with E-state index < -0.39 is 0 Å². The lowest BCUT2D eigenvalue weighted by molar-refractivity contribution is 0.517. The molecule has 1 heterocycles. The highest BCUT2D eigenvalue weighted by Gasteiger charge is 2.17. The number of nitrogens with one attached hydrogen (secondary N) is 1. The summed E-state index contributed by atoms with van der Waals surface area (Å²) in [5.41, 5.74) is 3.96. The van der Waals surface area contributed by atoms with E-state index in [-0.39, 0.29) is 6.04 Å². The molecule has 0 aliphatic carbocycles. The van der Waals surface area contributed by atoms with E-state index in [1.807, 2.05) is 6.92 Å². The minimum atomic E-state index is 0.226. The molecule has 0 fully saturated rings. The van der Waals surface area contributed by atoms with Gasteiger partial charge in [0.05, 0.1) is 12.3 Å². The topological polar surface area (TPSA) is 25.2 Å². The van der Waals surface area contributed by atoms with Gasteiger partial charge in [-0.15, -0.1) is 0 Å². The molecule has 2 heteroatoms. The Balaban J connectivity index is 2.24. The first-order valence-electron chi connectivity index (χ1n) is 7.62. The molecule has 20 heavy (non-hydrogen) atoms. The maximum atomic E-state index is 5.47. The smallest absolute Gasteiger partial charge is 0.105 e. The summed E-state index contributed by atoms with van der Waals surface area (Å²) in [7, 11) is 0. The Kier molecular flexibility index (Phi) is 5.42. The van der Waals surface area contributed by atoms with Crippen molar-refractivity contribution in [3.05, 3.63) is 59.0 Å². The Labute approximate surface area is 122 Å². The van der Waals surface area contributed by atoms with Crippen LogP contribution in [0.25, 0.3) is 0 Å². The van der Waals surface area contributed by atoms with E-state index in [0.29, 0.717) is 0 Å². The van der Waals surface area contributed by atoms with Gasteiger partial charge in [0.1, 0.15) is 5.76 Å². The minimum absolute atomic E-state index is 0.226. The van der Waals surface area contributed by atoms with Crippen LogP contribution in [-0.2, 0) is 6.42 Å². The fourth-order valence-corrected chi connectivity index (χ4v) is 2.56. The molecule has 0 saturated carbocycles. The Morgan fingerprint density at radius 1 is 1.05 bits per heavy atom. The number of furan rings is 1. The molecule has 0 bridgehead atoms. The summed E-state index contributed by atoms with van der Waals surface area (Å²) in [6.07, 6.45) is 5.24. The lowest BCUT2D eigenvalue weighted by Crippen LogP contribution is -2.23. The van der Waals surface area contributed by atoms with E-state index in [2.05, 4.69) is 49.5 Å². The Bertz CT molecular complexity index is 512. The van der Waals surface area contributed by atoms with Crippen LogP contribution < -0.4 is 5.32 Å². The molecule has 0 aliphatic rings. The number of rotatable bonds is 7. The molecular weight excluding hydrogens is 246 g/mol. The Morgan fingerprint density at radius 2 is 1.80 bits per heavy atom. The minimum Gasteiger partial charge on any atom is -0.469 e. The second-order valence-corrected chi connectivity index (χ2v) is 5.31. The van der Waals surface area contributed by atoms with Crippen LogP contribution in [0.5, 0.6) is 0 Å². The third-order valence-corrected chi connectivity index (χ3v) is 3.66. The maximum Gasteiger partial charge on any atom is 0.105 e. The van der Waals surface area contributed by atoms with Crippen molar-refractivity contribution < 1.29 is 4.42 Å². The summed E-state index contributed by atoms with van der Waals surface area (Å²) in [6.45, 7) is 7.44. The molecule has 0 aliphatic heterocycles. The molecule has 0 saturated heterocycles. The lowest BCUT2D eigenvalue weighted by atomic mass is 9.97. The van der Waals surface area contributed by atoms with Crippen LogP contribution in [0, 0.1) is 6.92 Å². The Morgan fingerprint density at radius 3 is 2.35 bits per heavy atom. The highest BCUT2D eigenvalue weighted by atomic mass is 16.3. The normalized spacial score (nSPS) is 12.6. The van der Waals surface area contributed by atoms with Gasteiger partial charge in [0, 0.05) is 5.56 Å². The van der Waals surface area contributed by atoms with Gasteiger partial charge in [-0.3, -0.25) is 0 Å². The molecule has 0 spiro atoms. The molecule has 1 aromatic heterocycles. The van der Waals surface area contributed by atoms with Crippen LogP contribution in [0.4, 0.5) is 0 Å². The number of aryl methyl sites for hydroxylation is 2. The van der Waals surface area contributed by atoms with E-state index in [0.717, 1.165) is 25.1 Å². The van der Waals surface area contributed by atoms with Gasteiger partial charge in [-0.25, -0.2) is 0 Å². The van der Waals surface area contributed by atoms with Crippen molar-refractivity contribution >= 4 is 0 Å². The van der Waals surface area contributed by atoms with Crippen molar-refractivity contribution in [3.63, 3.8) is 0 Å². The fraction of sp³-hybridized carbons (Fsp3) is 0.444. The number of hydrogen-bond donors (Lipinski definition) is 1. The van der Waals surface area contributed by atoms with Crippen molar-refractivity contribution in [2.75, 3.05) is 6.54 Å². The molecule has 1 aromatic carbocycles. The van der Waals surface area contributed by atoms with Gasteiger partial charge in [-0.05, 0) is 43.5 Å². The standard InChI is InChI=1S/C18H25NO/c1-4-6-15-7-9-16(10-8-15)18(19-12-5-2)17-11-13-20-14(17)3/h7-11,13,18-19H,4-6,12H2,1-3H3. The van der Waals surface area contributed by atoms with Gasteiger partial charge >= 0.3 is 0 Å². The molecule has 108 valence electrons. The second-order valence-electron chi connectivity index (χ2n) is 5.31. The molecule has 2 aromatic rings. The van der Waals surface area contributed by atoms with Crippen LogP contribution in [0.1, 0.15) is 55.2 Å². The van der Waals surface area contributed by atoms with E-state index in [1.54, 1.807) is 6.26 Å². The van der Waals surface area contributed by atoms with Crippen LogP contribution in [0.2, 0.25) is 0 Å². The molecule has 1 N–H and O–H groups in total. The SMILES string of the molecule is CCCNC(c1ccc(CCC)cc1)c1ccoc1C. The molecule has 0 radical (unpaired) electrons. The molecule has 0 amide bonds.